The largest absolute Gasteiger partial charge is 0.480 e. The van der Waals surface area contributed by atoms with Gasteiger partial charge in [0, 0.05) is 18.7 Å². The second kappa shape index (κ2) is 7.64. The lowest BCUT2D eigenvalue weighted by atomic mass is 9.90. The Labute approximate surface area is 123 Å². The summed E-state index contributed by atoms with van der Waals surface area (Å²) in [5.41, 5.74) is -0.848. The van der Waals surface area contributed by atoms with Gasteiger partial charge in [-0.25, -0.2) is 0 Å². The van der Waals surface area contributed by atoms with Gasteiger partial charge in [0.15, 0.2) is 0 Å². The van der Waals surface area contributed by atoms with Crippen molar-refractivity contribution in [1.82, 2.24) is 15.5 Å². The Balaban J connectivity index is 2.48. The van der Waals surface area contributed by atoms with E-state index in [-0.39, 0.29) is 6.04 Å². The number of nitrogens with one attached hydrogen (secondary N) is 1. The first-order chi connectivity index (χ1) is 9.39. The molecule has 0 spiro atoms. The quantitative estimate of drug-likeness (QED) is 0.535. The van der Waals surface area contributed by atoms with Gasteiger partial charge in [0.05, 0.1) is 0 Å². The van der Waals surface area contributed by atoms with E-state index in [9.17, 15) is 9.90 Å². The first-order valence-corrected chi connectivity index (χ1v) is 7.82. The second-order valence-corrected chi connectivity index (χ2v) is 6.13. The van der Waals surface area contributed by atoms with E-state index in [0.29, 0.717) is 24.0 Å². The fourth-order valence-electron chi connectivity index (χ4n) is 2.09. The molecule has 0 amide bonds. The number of carbonyl (C=O) groups is 1. The van der Waals surface area contributed by atoms with Crippen molar-refractivity contribution >= 4 is 17.7 Å². The Morgan fingerprint density at radius 2 is 2.20 bits per heavy atom. The number of carboxylic acid groups (broad SMARTS) is 1. The number of carboxylic acids is 1. The molecule has 0 aromatic carbocycles. The molecule has 1 unspecified atom stereocenters. The molecule has 0 aliphatic carbocycles. The highest BCUT2D eigenvalue weighted by molar-refractivity contribution is 7.99. The van der Waals surface area contributed by atoms with E-state index in [2.05, 4.69) is 15.5 Å². The third kappa shape index (κ3) is 4.79. The first-order valence-electron chi connectivity index (χ1n) is 6.83. The topological polar surface area (TPSA) is 88.3 Å². The zero-order chi connectivity index (χ0) is 15.2. The molecule has 1 aromatic heterocycles. The molecule has 0 bridgehead atoms. The van der Waals surface area contributed by atoms with Crippen LogP contribution in [0.4, 0.5) is 0 Å². The van der Waals surface area contributed by atoms with E-state index in [1.165, 1.54) is 11.8 Å². The van der Waals surface area contributed by atoms with Gasteiger partial charge in [0.2, 0.25) is 5.89 Å². The van der Waals surface area contributed by atoms with Gasteiger partial charge in [-0.1, -0.05) is 18.7 Å². The van der Waals surface area contributed by atoms with E-state index in [1.807, 2.05) is 20.8 Å². The molecule has 0 saturated carbocycles. The van der Waals surface area contributed by atoms with Crippen LogP contribution in [0.5, 0.6) is 0 Å². The molecule has 6 nitrogen and oxygen atoms in total. The number of aliphatic carboxylic acids is 1. The van der Waals surface area contributed by atoms with Gasteiger partial charge in [-0.15, -0.1) is 10.2 Å². The molecule has 0 fully saturated rings. The van der Waals surface area contributed by atoms with Crippen LogP contribution < -0.4 is 5.32 Å². The Hall–Kier alpha value is -1.08. The molecule has 0 aliphatic rings. The number of hydrogen-bond donors (Lipinski definition) is 2. The van der Waals surface area contributed by atoms with Crippen molar-refractivity contribution in [2.75, 3.05) is 5.75 Å². The van der Waals surface area contributed by atoms with Gasteiger partial charge >= 0.3 is 5.97 Å². The predicted octanol–water partition coefficient (Wildman–Crippen LogP) is 2.48. The average Bonchev–Trinajstić information content (AvgIpc) is 2.78. The molecule has 1 atom stereocenters. The molecule has 0 radical (unpaired) electrons. The SMILES string of the molecule is CCC(CCCSc1nnc(C)o1)(NC(C)C)C(=O)O. The molecular weight excluding hydrogens is 278 g/mol. The van der Waals surface area contributed by atoms with Crippen molar-refractivity contribution in [2.45, 2.75) is 63.8 Å². The summed E-state index contributed by atoms with van der Waals surface area (Å²) < 4.78 is 5.26. The average molecular weight is 301 g/mol. The predicted molar refractivity (Wildman–Crippen MR) is 77.9 cm³/mol. The highest BCUT2D eigenvalue weighted by Crippen LogP contribution is 2.23. The summed E-state index contributed by atoms with van der Waals surface area (Å²) in [4.78, 5) is 11.5. The molecule has 1 rings (SSSR count). The number of thioether (sulfide) groups is 1. The number of rotatable bonds is 9. The van der Waals surface area contributed by atoms with Gasteiger partial charge in [-0.2, -0.15) is 0 Å². The van der Waals surface area contributed by atoms with Gasteiger partial charge in [-0.3, -0.25) is 10.1 Å². The van der Waals surface area contributed by atoms with Crippen molar-refractivity contribution in [1.29, 1.82) is 0 Å². The Kier molecular flexibility index (Phi) is 6.48. The van der Waals surface area contributed by atoms with Crippen LogP contribution in [0.1, 0.15) is 45.9 Å². The molecule has 20 heavy (non-hydrogen) atoms. The van der Waals surface area contributed by atoms with Gasteiger partial charge in [0.25, 0.3) is 5.22 Å². The maximum absolute atomic E-state index is 11.5. The summed E-state index contributed by atoms with van der Waals surface area (Å²) in [6.45, 7) is 7.57. The van der Waals surface area contributed by atoms with Crippen LogP contribution in [-0.4, -0.2) is 38.6 Å². The van der Waals surface area contributed by atoms with Crippen LogP contribution in [0.15, 0.2) is 9.64 Å². The molecule has 2 N–H and O–H groups in total. The molecule has 0 aliphatic heterocycles. The highest BCUT2D eigenvalue weighted by Gasteiger charge is 2.36. The summed E-state index contributed by atoms with van der Waals surface area (Å²) in [6, 6.07) is 0.136. The molecular formula is C13H23N3O3S. The van der Waals surface area contributed by atoms with Crippen molar-refractivity contribution in [3.05, 3.63) is 5.89 Å². The molecule has 1 aromatic rings. The minimum atomic E-state index is -0.848. The molecule has 7 heteroatoms. The lowest BCUT2D eigenvalue weighted by molar-refractivity contribution is -0.145. The van der Waals surface area contributed by atoms with Crippen LogP contribution >= 0.6 is 11.8 Å². The summed E-state index contributed by atoms with van der Waals surface area (Å²) in [5.74, 6) is 0.519. The summed E-state index contributed by atoms with van der Waals surface area (Å²) >= 11 is 1.46. The van der Waals surface area contributed by atoms with Crippen molar-refractivity contribution in [3.8, 4) is 0 Å². The molecule has 1 heterocycles. The minimum Gasteiger partial charge on any atom is -0.480 e. The third-order valence-corrected chi connectivity index (χ3v) is 3.96. The zero-order valence-electron chi connectivity index (χ0n) is 12.5. The van der Waals surface area contributed by atoms with E-state index in [1.54, 1.807) is 6.92 Å². The molecule has 0 saturated heterocycles. The van der Waals surface area contributed by atoms with Gasteiger partial charge < -0.3 is 9.52 Å². The van der Waals surface area contributed by atoms with Gasteiger partial charge in [0.1, 0.15) is 5.54 Å². The zero-order valence-corrected chi connectivity index (χ0v) is 13.3. The van der Waals surface area contributed by atoms with Crippen molar-refractivity contribution < 1.29 is 14.3 Å². The van der Waals surface area contributed by atoms with E-state index in [4.69, 9.17) is 4.42 Å². The second-order valence-electron chi connectivity index (χ2n) is 5.08. The smallest absolute Gasteiger partial charge is 0.323 e. The number of nitrogens with zero attached hydrogens (tertiary/aromatic N) is 2. The third-order valence-electron chi connectivity index (χ3n) is 3.06. The molecule has 114 valence electrons. The Morgan fingerprint density at radius 1 is 1.50 bits per heavy atom. The number of hydrogen-bond acceptors (Lipinski definition) is 6. The highest BCUT2D eigenvalue weighted by atomic mass is 32.2. The number of aryl methyl sites for hydroxylation is 1. The standard InChI is InChI=1S/C13H23N3O3S/c1-5-13(11(17)18,14-9(2)3)7-6-8-20-12-16-15-10(4)19-12/h9,14H,5-8H2,1-4H3,(H,17,18). The Morgan fingerprint density at radius 3 is 2.65 bits per heavy atom. The lowest BCUT2D eigenvalue weighted by Crippen LogP contribution is -2.54. The first kappa shape index (κ1) is 17.0. The summed E-state index contributed by atoms with van der Waals surface area (Å²) in [7, 11) is 0. The van der Waals surface area contributed by atoms with Gasteiger partial charge in [-0.05, 0) is 33.1 Å². The summed E-state index contributed by atoms with van der Waals surface area (Å²) in [5, 5.41) is 20.9. The van der Waals surface area contributed by atoms with E-state index in [0.717, 1.165) is 12.2 Å². The maximum Gasteiger partial charge on any atom is 0.323 e. The van der Waals surface area contributed by atoms with Crippen LogP contribution in [0.25, 0.3) is 0 Å². The summed E-state index contributed by atoms with van der Waals surface area (Å²) in [6.07, 6.45) is 1.91. The van der Waals surface area contributed by atoms with Crippen LogP contribution in [0, 0.1) is 6.92 Å². The fourth-order valence-corrected chi connectivity index (χ4v) is 2.84. The fraction of sp³-hybridized carbons (Fsp3) is 0.769. The van der Waals surface area contributed by atoms with Crippen molar-refractivity contribution in [2.24, 2.45) is 0 Å². The lowest BCUT2D eigenvalue weighted by Gasteiger charge is -2.31. The van der Waals surface area contributed by atoms with Crippen molar-refractivity contribution in [3.63, 3.8) is 0 Å². The van der Waals surface area contributed by atoms with E-state index < -0.39 is 11.5 Å². The normalized spacial score (nSPS) is 14.4. The monoisotopic (exact) mass is 301 g/mol. The Bertz CT molecular complexity index is 436. The number of aromatic nitrogens is 2. The van der Waals surface area contributed by atoms with Crippen LogP contribution in [0.3, 0.4) is 0 Å². The maximum atomic E-state index is 11.5. The van der Waals surface area contributed by atoms with Crippen LogP contribution in [-0.2, 0) is 4.79 Å². The minimum absolute atomic E-state index is 0.136. The van der Waals surface area contributed by atoms with Crippen LogP contribution in [0.2, 0.25) is 0 Å². The van der Waals surface area contributed by atoms with E-state index >= 15 is 0 Å².